The van der Waals surface area contributed by atoms with Crippen LogP contribution in [-0.2, 0) is 0 Å². The maximum absolute atomic E-state index is 12.7. The topological polar surface area (TPSA) is 0 Å². The molecule has 0 fully saturated rings. The van der Waals surface area contributed by atoms with Crippen molar-refractivity contribution in [2.24, 2.45) is 0 Å². The largest absolute Gasteiger partial charge is 0.265 e. The van der Waals surface area contributed by atoms with Crippen LogP contribution in [0.25, 0.3) is 11.1 Å². The Morgan fingerprint density at radius 2 is 1.53 bits per heavy atom. The van der Waals surface area contributed by atoms with Gasteiger partial charge in [-0.15, -0.1) is 0 Å². The summed E-state index contributed by atoms with van der Waals surface area (Å²) in [6.45, 7) is 0. The summed E-state index contributed by atoms with van der Waals surface area (Å²) in [4.78, 5) is 0. The first-order chi connectivity index (χ1) is 8.09. The Bertz CT molecular complexity index is 521. The molecule has 0 radical (unpaired) electrons. The third kappa shape index (κ3) is 2.59. The minimum Gasteiger partial charge on any atom is -0.205 e. The summed E-state index contributed by atoms with van der Waals surface area (Å²) in [5.74, 6) is 0. The second-order valence-corrected chi connectivity index (χ2v) is 4.33. The van der Waals surface area contributed by atoms with E-state index in [1.807, 2.05) is 0 Å². The van der Waals surface area contributed by atoms with E-state index in [0.29, 0.717) is 10.6 Å². The molecule has 0 nitrogen and oxygen atoms in total. The molecular formula is C13H8Cl2F2. The number of hydrogen-bond acceptors (Lipinski definition) is 0. The average molecular weight is 273 g/mol. The minimum atomic E-state index is -2.57. The quantitative estimate of drug-likeness (QED) is 0.668. The van der Waals surface area contributed by atoms with E-state index in [0.717, 1.165) is 5.56 Å². The van der Waals surface area contributed by atoms with Crippen LogP contribution in [0, 0.1) is 0 Å². The lowest BCUT2D eigenvalue weighted by atomic mass is 10.0. The summed E-state index contributed by atoms with van der Waals surface area (Å²) in [7, 11) is 0. The van der Waals surface area contributed by atoms with Crippen molar-refractivity contribution in [3.8, 4) is 11.1 Å². The molecule has 2 aromatic rings. The van der Waals surface area contributed by atoms with E-state index >= 15 is 0 Å². The predicted octanol–water partition coefficient (Wildman–Crippen LogP) is 5.60. The van der Waals surface area contributed by atoms with Gasteiger partial charge in [0.15, 0.2) is 0 Å². The summed E-state index contributed by atoms with van der Waals surface area (Å²) in [6.07, 6.45) is -2.57. The van der Waals surface area contributed by atoms with Crippen LogP contribution in [0.1, 0.15) is 12.0 Å². The standard InChI is InChI=1S/C13H8Cl2F2/c14-9-6-4-8(5-7-9)10-2-1-3-11(12(10)15)13(16)17/h1-7,13H. The molecule has 0 aromatic heterocycles. The van der Waals surface area contributed by atoms with Crippen LogP contribution < -0.4 is 0 Å². The van der Waals surface area contributed by atoms with Crippen molar-refractivity contribution >= 4 is 23.2 Å². The Morgan fingerprint density at radius 1 is 0.882 bits per heavy atom. The van der Waals surface area contributed by atoms with E-state index in [4.69, 9.17) is 23.2 Å². The second-order valence-electron chi connectivity index (χ2n) is 3.52. The highest BCUT2D eigenvalue weighted by Crippen LogP contribution is 2.35. The van der Waals surface area contributed by atoms with Crippen LogP contribution in [0.3, 0.4) is 0 Å². The van der Waals surface area contributed by atoms with Gasteiger partial charge in [0, 0.05) is 16.1 Å². The molecule has 0 saturated heterocycles. The Balaban J connectivity index is 2.52. The summed E-state index contributed by atoms with van der Waals surface area (Å²) in [6, 6.07) is 11.5. The second kappa shape index (κ2) is 5.03. The molecule has 0 aliphatic carbocycles. The molecule has 0 N–H and O–H groups in total. The van der Waals surface area contributed by atoms with Gasteiger partial charge in [-0.3, -0.25) is 0 Å². The van der Waals surface area contributed by atoms with Crippen LogP contribution in [-0.4, -0.2) is 0 Å². The summed E-state index contributed by atoms with van der Waals surface area (Å²) < 4.78 is 25.4. The molecule has 4 heteroatoms. The highest BCUT2D eigenvalue weighted by Gasteiger charge is 2.15. The van der Waals surface area contributed by atoms with Crippen molar-refractivity contribution in [3.63, 3.8) is 0 Å². The molecule has 0 aliphatic rings. The molecule has 17 heavy (non-hydrogen) atoms. The van der Waals surface area contributed by atoms with Crippen molar-refractivity contribution in [1.82, 2.24) is 0 Å². The minimum absolute atomic E-state index is 0.0878. The Hall–Kier alpha value is -1.12. The number of benzene rings is 2. The molecule has 0 bridgehead atoms. The van der Waals surface area contributed by atoms with E-state index in [9.17, 15) is 8.78 Å². The molecule has 0 aliphatic heterocycles. The van der Waals surface area contributed by atoms with E-state index in [1.54, 1.807) is 36.4 Å². The number of hydrogen-bond donors (Lipinski definition) is 0. The Kier molecular flexibility index (Phi) is 3.65. The fourth-order valence-electron chi connectivity index (χ4n) is 1.57. The maximum Gasteiger partial charge on any atom is 0.265 e. The van der Waals surface area contributed by atoms with Crippen molar-refractivity contribution in [1.29, 1.82) is 0 Å². The van der Waals surface area contributed by atoms with Gasteiger partial charge in [0.1, 0.15) is 0 Å². The molecule has 0 heterocycles. The van der Waals surface area contributed by atoms with E-state index in [1.165, 1.54) is 6.07 Å². The molecule has 88 valence electrons. The zero-order chi connectivity index (χ0) is 12.4. The fourth-order valence-corrected chi connectivity index (χ4v) is 2.01. The third-order valence-electron chi connectivity index (χ3n) is 2.42. The van der Waals surface area contributed by atoms with Crippen molar-refractivity contribution in [2.45, 2.75) is 6.43 Å². The highest BCUT2D eigenvalue weighted by atomic mass is 35.5. The van der Waals surface area contributed by atoms with Gasteiger partial charge in [0.25, 0.3) is 6.43 Å². The molecule has 2 rings (SSSR count). The van der Waals surface area contributed by atoms with Gasteiger partial charge < -0.3 is 0 Å². The molecular weight excluding hydrogens is 265 g/mol. The van der Waals surface area contributed by atoms with E-state index < -0.39 is 6.43 Å². The predicted molar refractivity (Wildman–Crippen MR) is 66.9 cm³/mol. The van der Waals surface area contributed by atoms with Crippen LogP contribution in [0.2, 0.25) is 10.0 Å². The monoisotopic (exact) mass is 272 g/mol. The van der Waals surface area contributed by atoms with Gasteiger partial charge in [0.05, 0.1) is 5.02 Å². The lowest BCUT2D eigenvalue weighted by Crippen LogP contribution is -1.88. The van der Waals surface area contributed by atoms with Crippen molar-refractivity contribution in [3.05, 3.63) is 58.1 Å². The van der Waals surface area contributed by atoms with E-state index in [2.05, 4.69) is 0 Å². The summed E-state index contributed by atoms with van der Waals surface area (Å²) in [5, 5.41) is 0.680. The van der Waals surface area contributed by atoms with Crippen LogP contribution in [0.15, 0.2) is 42.5 Å². The van der Waals surface area contributed by atoms with Crippen LogP contribution >= 0.6 is 23.2 Å². The number of rotatable bonds is 2. The van der Waals surface area contributed by atoms with Gasteiger partial charge in [0.2, 0.25) is 0 Å². The zero-order valence-corrected chi connectivity index (χ0v) is 10.1. The first-order valence-corrected chi connectivity index (χ1v) is 5.67. The van der Waals surface area contributed by atoms with Gasteiger partial charge in [-0.25, -0.2) is 8.78 Å². The SMILES string of the molecule is FC(F)c1cccc(-c2ccc(Cl)cc2)c1Cl. The molecule has 0 saturated carbocycles. The van der Waals surface area contributed by atoms with Crippen LogP contribution in [0.5, 0.6) is 0 Å². The number of halogens is 4. The average Bonchev–Trinajstić information content (AvgIpc) is 2.30. The lowest BCUT2D eigenvalue weighted by molar-refractivity contribution is 0.151. The molecule has 0 atom stereocenters. The summed E-state index contributed by atoms with van der Waals surface area (Å²) >= 11 is 11.7. The first kappa shape index (κ1) is 12.3. The van der Waals surface area contributed by atoms with Crippen LogP contribution in [0.4, 0.5) is 8.78 Å². The lowest BCUT2D eigenvalue weighted by Gasteiger charge is -2.09. The van der Waals surface area contributed by atoms with Gasteiger partial charge in [-0.05, 0) is 17.7 Å². The third-order valence-corrected chi connectivity index (χ3v) is 3.09. The summed E-state index contributed by atoms with van der Waals surface area (Å²) in [5.41, 5.74) is 1.20. The zero-order valence-electron chi connectivity index (χ0n) is 8.63. The van der Waals surface area contributed by atoms with E-state index in [-0.39, 0.29) is 10.6 Å². The maximum atomic E-state index is 12.7. The van der Waals surface area contributed by atoms with Crippen molar-refractivity contribution in [2.75, 3.05) is 0 Å². The molecule has 0 amide bonds. The van der Waals surface area contributed by atoms with Crippen molar-refractivity contribution < 1.29 is 8.78 Å². The Labute approximate surface area is 108 Å². The van der Waals surface area contributed by atoms with Gasteiger partial charge >= 0.3 is 0 Å². The first-order valence-electron chi connectivity index (χ1n) is 4.92. The molecule has 2 aromatic carbocycles. The van der Waals surface area contributed by atoms with Gasteiger partial charge in [-0.1, -0.05) is 53.5 Å². The smallest absolute Gasteiger partial charge is 0.205 e. The van der Waals surface area contributed by atoms with Gasteiger partial charge in [-0.2, -0.15) is 0 Å². The molecule has 0 spiro atoms. The molecule has 0 unspecified atom stereocenters. The highest BCUT2D eigenvalue weighted by molar-refractivity contribution is 6.34. The Morgan fingerprint density at radius 3 is 2.12 bits per heavy atom. The number of alkyl halides is 2. The fraction of sp³-hybridized carbons (Fsp3) is 0.0769. The normalized spacial score (nSPS) is 10.9.